The molecule has 0 amide bonds. The van der Waals surface area contributed by atoms with Crippen LogP contribution < -0.4 is 20.7 Å². The molecule has 1 aliphatic rings. The molecule has 0 radical (unpaired) electrons. The SMILES string of the molecule is COc1ccc(NCCCCCNC(C)C)c2c1CCCN2. The third kappa shape index (κ3) is 4.80. The number of rotatable bonds is 9. The van der Waals surface area contributed by atoms with Gasteiger partial charge in [-0.1, -0.05) is 20.3 Å². The van der Waals surface area contributed by atoms with Gasteiger partial charge in [-0.2, -0.15) is 0 Å². The highest BCUT2D eigenvalue weighted by Crippen LogP contribution is 2.36. The van der Waals surface area contributed by atoms with Crippen LogP contribution in [0.4, 0.5) is 11.4 Å². The van der Waals surface area contributed by atoms with Gasteiger partial charge in [-0.05, 0) is 44.4 Å². The zero-order valence-electron chi connectivity index (χ0n) is 14.3. The smallest absolute Gasteiger partial charge is 0.124 e. The lowest BCUT2D eigenvalue weighted by Gasteiger charge is -2.24. The third-order valence-corrected chi connectivity index (χ3v) is 4.12. The Morgan fingerprint density at radius 1 is 1.18 bits per heavy atom. The molecule has 4 heteroatoms. The quantitative estimate of drug-likeness (QED) is 0.610. The van der Waals surface area contributed by atoms with Crippen LogP contribution >= 0.6 is 0 Å². The molecule has 0 atom stereocenters. The van der Waals surface area contributed by atoms with E-state index in [-0.39, 0.29) is 0 Å². The molecule has 124 valence electrons. The molecule has 0 spiro atoms. The monoisotopic (exact) mass is 305 g/mol. The fourth-order valence-electron chi connectivity index (χ4n) is 2.94. The minimum Gasteiger partial charge on any atom is -0.496 e. The van der Waals surface area contributed by atoms with Crippen molar-refractivity contribution in [1.29, 1.82) is 0 Å². The maximum absolute atomic E-state index is 5.48. The standard InChI is InChI=1S/C18H31N3O/c1-14(2)19-11-5-4-6-12-20-16-9-10-17(22-3)15-8-7-13-21-18(15)16/h9-10,14,19-21H,4-8,11-13H2,1-3H3. The first-order valence-corrected chi connectivity index (χ1v) is 8.63. The van der Waals surface area contributed by atoms with Crippen LogP contribution in [0.15, 0.2) is 12.1 Å². The molecular formula is C18H31N3O. The number of unbranched alkanes of at least 4 members (excludes halogenated alkanes) is 2. The molecule has 0 fully saturated rings. The van der Waals surface area contributed by atoms with Gasteiger partial charge < -0.3 is 20.7 Å². The lowest BCUT2D eigenvalue weighted by atomic mass is 10.0. The summed E-state index contributed by atoms with van der Waals surface area (Å²) in [6.07, 6.45) is 6.00. The van der Waals surface area contributed by atoms with Gasteiger partial charge in [0.1, 0.15) is 5.75 Å². The van der Waals surface area contributed by atoms with Crippen molar-refractivity contribution in [2.75, 3.05) is 37.4 Å². The van der Waals surface area contributed by atoms with Crippen LogP contribution in [0.3, 0.4) is 0 Å². The molecule has 1 aromatic rings. The van der Waals surface area contributed by atoms with E-state index in [4.69, 9.17) is 4.74 Å². The van der Waals surface area contributed by atoms with Crippen LogP contribution in [0, 0.1) is 0 Å². The Morgan fingerprint density at radius 2 is 2.00 bits per heavy atom. The highest BCUT2D eigenvalue weighted by Gasteiger charge is 2.16. The Balaban J connectivity index is 1.78. The molecule has 1 aromatic carbocycles. The van der Waals surface area contributed by atoms with E-state index in [1.165, 1.54) is 42.6 Å². The summed E-state index contributed by atoms with van der Waals surface area (Å²) in [5.41, 5.74) is 3.78. The predicted molar refractivity (Wildman–Crippen MR) is 95.3 cm³/mol. The van der Waals surface area contributed by atoms with Gasteiger partial charge in [0, 0.05) is 24.7 Å². The average molecular weight is 305 g/mol. The first-order chi connectivity index (χ1) is 10.7. The molecule has 2 rings (SSSR count). The fourth-order valence-corrected chi connectivity index (χ4v) is 2.94. The van der Waals surface area contributed by atoms with Crippen LogP contribution in [0.2, 0.25) is 0 Å². The molecule has 0 aromatic heterocycles. The van der Waals surface area contributed by atoms with Crippen molar-refractivity contribution in [2.45, 2.75) is 52.0 Å². The largest absolute Gasteiger partial charge is 0.496 e. The minimum atomic E-state index is 0.593. The molecule has 22 heavy (non-hydrogen) atoms. The topological polar surface area (TPSA) is 45.3 Å². The number of fused-ring (bicyclic) bond motifs is 1. The van der Waals surface area contributed by atoms with Crippen LogP contribution in [-0.4, -0.2) is 32.8 Å². The summed E-state index contributed by atoms with van der Waals surface area (Å²) in [5, 5.41) is 10.6. The fraction of sp³-hybridized carbons (Fsp3) is 0.667. The van der Waals surface area contributed by atoms with Crippen molar-refractivity contribution >= 4 is 11.4 Å². The molecule has 4 nitrogen and oxygen atoms in total. The number of benzene rings is 1. The Bertz CT molecular complexity index is 460. The van der Waals surface area contributed by atoms with E-state index < -0.39 is 0 Å². The summed E-state index contributed by atoms with van der Waals surface area (Å²) in [7, 11) is 1.75. The maximum Gasteiger partial charge on any atom is 0.124 e. The minimum absolute atomic E-state index is 0.593. The summed E-state index contributed by atoms with van der Waals surface area (Å²) in [6, 6.07) is 4.81. The summed E-state index contributed by atoms with van der Waals surface area (Å²) < 4.78 is 5.48. The number of ether oxygens (including phenoxy) is 1. The van der Waals surface area contributed by atoms with Gasteiger partial charge in [0.15, 0.2) is 0 Å². The molecule has 0 aliphatic carbocycles. The first kappa shape index (κ1) is 16.9. The number of methoxy groups -OCH3 is 1. The molecule has 0 unspecified atom stereocenters. The second-order valence-corrected chi connectivity index (χ2v) is 6.30. The number of hydrogen-bond acceptors (Lipinski definition) is 4. The zero-order chi connectivity index (χ0) is 15.8. The maximum atomic E-state index is 5.48. The van der Waals surface area contributed by atoms with Gasteiger partial charge in [-0.15, -0.1) is 0 Å². The normalized spacial score (nSPS) is 13.6. The van der Waals surface area contributed by atoms with Crippen molar-refractivity contribution < 1.29 is 4.74 Å². The Morgan fingerprint density at radius 3 is 2.77 bits per heavy atom. The second-order valence-electron chi connectivity index (χ2n) is 6.30. The lowest BCUT2D eigenvalue weighted by molar-refractivity contribution is 0.409. The average Bonchev–Trinajstić information content (AvgIpc) is 2.53. The third-order valence-electron chi connectivity index (χ3n) is 4.12. The summed E-state index contributed by atoms with van der Waals surface area (Å²) >= 11 is 0. The molecule has 0 saturated heterocycles. The summed E-state index contributed by atoms with van der Waals surface area (Å²) in [4.78, 5) is 0. The van der Waals surface area contributed by atoms with Crippen molar-refractivity contribution in [3.8, 4) is 5.75 Å². The molecule has 3 N–H and O–H groups in total. The zero-order valence-corrected chi connectivity index (χ0v) is 14.3. The van der Waals surface area contributed by atoms with Gasteiger partial charge in [-0.3, -0.25) is 0 Å². The van der Waals surface area contributed by atoms with Crippen molar-refractivity contribution in [2.24, 2.45) is 0 Å². The van der Waals surface area contributed by atoms with E-state index in [1.807, 2.05) is 0 Å². The molecule has 1 aliphatic heterocycles. The van der Waals surface area contributed by atoms with Crippen LogP contribution in [0.25, 0.3) is 0 Å². The Kier molecular flexibility index (Phi) is 6.84. The molecule has 0 bridgehead atoms. The number of nitrogens with one attached hydrogen (secondary N) is 3. The lowest BCUT2D eigenvalue weighted by Crippen LogP contribution is -2.23. The van der Waals surface area contributed by atoms with E-state index in [2.05, 4.69) is 41.9 Å². The number of hydrogen-bond donors (Lipinski definition) is 3. The highest BCUT2D eigenvalue weighted by atomic mass is 16.5. The molecule has 0 saturated carbocycles. The Hall–Kier alpha value is -1.42. The summed E-state index contributed by atoms with van der Waals surface area (Å²) in [6.45, 7) is 7.59. The first-order valence-electron chi connectivity index (χ1n) is 8.63. The van der Waals surface area contributed by atoms with Crippen molar-refractivity contribution in [3.05, 3.63) is 17.7 Å². The van der Waals surface area contributed by atoms with Crippen LogP contribution in [-0.2, 0) is 6.42 Å². The summed E-state index contributed by atoms with van der Waals surface area (Å²) in [5.74, 6) is 1.01. The van der Waals surface area contributed by atoms with Crippen LogP contribution in [0.5, 0.6) is 5.75 Å². The molecule has 1 heterocycles. The van der Waals surface area contributed by atoms with Crippen LogP contribution in [0.1, 0.15) is 45.1 Å². The van der Waals surface area contributed by atoms with Gasteiger partial charge >= 0.3 is 0 Å². The molecular weight excluding hydrogens is 274 g/mol. The van der Waals surface area contributed by atoms with E-state index in [0.29, 0.717) is 6.04 Å². The van der Waals surface area contributed by atoms with Gasteiger partial charge in [0.25, 0.3) is 0 Å². The van der Waals surface area contributed by atoms with Gasteiger partial charge in [0.2, 0.25) is 0 Å². The number of anilines is 2. The van der Waals surface area contributed by atoms with E-state index in [0.717, 1.165) is 31.8 Å². The highest BCUT2D eigenvalue weighted by molar-refractivity contribution is 5.76. The van der Waals surface area contributed by atoms with Gasteiger partial charge in [0.05, 0.1) is 18.5 Å². The van der Waals surface area contributed by atoms with E-state index >= 15 is 0 Å². The predicted octanol–water partition coefficient (Wildman–Crippen LogP) is 3.63. The van der Waals surface area contributed by atoms with Crippen molar-refractivity contribution in [1.82, 2.24) is 5.32 Å². The van der Waals surface area contributed by atoms with Crippen molar-refractivity contribution in [3.63, 3.8) is 0 Å². The Labute approximate surface area is 135 Å². The van der Waals surface area contributed by atoms with E-state index in [9.17, 15) is 0 Å². The van der Waals surface area contributed by atoms with Gasteiger partial charge in [-0.25, -0.2) is 0 Å². The van der Waals surface area contributed by atoms with E-state index in [1.54, 1.807) is 7.11 Å². The second kappa shape index (κ2) is 8.89.